The van der Waals surface area contributed by atoms with Gasteiger partial charge in [0.2, 0.25) is 35.4 Å². The molecule has 4 aromatic rings. The van der Waals surface area contributed by atoms with Crippen LogP contribution in [0.15, 0.2) is 131 Å². The molecular formula is C90H119N6O43PS2. The van der Waals surface area contributed by atoms with Crippen LogP contribution >= 0.6 is 7.82 Å². The van der Waals surface area contributed by atoms with Gasteiger partial charge in [0, 0.05) is 83.1 Å². The lowest BCUT2D eigenvalue weighted by Crippen LogP contribution is -2.70. The van der Waals surface area contributed by atoms with Gasteiger partial charge < -0.3 is 122 Å². The van der Waals surface area contributed by atoms with Gasteiger partial charge in [-0.3, -0.25) is 80.7 Å². The van der Waals surface area contributed by atoms with Gasteiger partial charge >= 0.3 is 67.5 Å². The van der Waals surface area contributed by atoms with Crippen molar-refractivity contribution in [1.82, 2.24) is 31.9 Å². The largest absolute Gasteiger partial charge is 0.477 e. The summed E-state index contributed by atoms with van der Waals surface area (Å²) in [5.74, 6) is -15.1. The van der Waals surface area contributed by atoms with Crippen molar-refractivity contribution < 1.29 is 202 Å². The maximum atomic E-state index is 15.0. The topological polar surface area (TPSA) is 645 Å². The van der Waals surface area contributed by atoms with Gasteiger partial charge in [0.1, 0.15) is 137 Å². The molecule has 49 nitrogen and oxygen atoms in total. The third-order valence-electron chi connectivity index (χ3n) is 20.7. The number of carbonyl (C=O) groups is 16. The maximum absolute atomic E-state index is 15.0. The first-order chi connectivity index (χ1) is 66.8. The molecule has 0 aromatic heterocycles. The number of ether oxygens (including phenoxy) is 18. The second-order valence-corrected chi connectivity index (χ2v) is 38.3. The number of hydrogen-bond donors (Lipinski definition) is 7. The Morgan fingerprint density at radius 1 is 0.352 bits per heavy atom. The van der Waals surface area contributed by atoms with Crippen molar-refractivity contribution in [2.75, 3.05) is 51.1 Å². The summed E-state index contributed by atoms with van der Waals surface area (Å²) in [6.45, 7) is 13.2. The molecule has 0 saturated carbocycles. The smallest absolute Gasteiger partial charge is 0.463 e. The van der Waals surface area contributed by atoms with Gasteiger partial charge in [0.15, 0.2) is 69.3 Å². The first-order valence-electron chi connectivity index (χ1n) is 44.2. The Hall–Kier alpha value is -12.0. The molecular weight excluding hydrogens is 1950 g/mol. The van der Waals surface area contributed by atoms with Crippen molar-refractivity contribution in [2.45, 2.75) is 281 Å². The molecule has 0 aliphatic carbocycles. The van der Waals surface area contributed by atoms with Gasteiger partial charge in [-0.15, -0.1) is 0 Å². The van der Waals surface area contributed by atoms with Crippen LogP contribution in [0.4, 0.5) is 0 Å². The van der Waals surface area contributed by atoms with Crippen molar-refractivity contribution in [2.24, 2.45) is 0 Å². The Bertz CT molecular complexity index is 5220. The van der Waals surface area contributed by atoms with Crippen LogP contribution in [0.3, 0.4) is 0 Å². The lowest BCUT2D eigenvalue weighted by atomic mass is 9.93. The molecule has 8 rings (SSSR count). The molecule has 4 heterocycles. The number of carbonyl (C=O) groups excluding carboxylic acids is 16. The standard InChI is InChI=1S/C52H66N3O23PS.C38H53N3O20S/c1-30(50(63)67-24-25-80(65,66)40-22-16-11-17-23-40)53-49(62)31(2)72-47-44(55-33(4)57)52(78-79(64,70-26-38-18-12-9-13-19-38)71-27-39-20-14-10-15-21-39)76-42(29-69-35(6)59)46(47)77-51-43(54-32(3)56)48(74-37(8)61)45(73-36(7)60)41(75-51)28-68-34(5)58;1-18(36(49)53-14-15-62(51,52)26-12-10-9-11-13-26)39-35(48)19(2)56-33-29(40-20(3)42)37(50)59-27(16-54-22(5)44)32(33)61-38-30(41-21(4)43)34(58-25(8)47)31(57-24(7)46)28(60-38)17-55-23(6)45/h9-23,30-31,41-48,51-52H,24-29H2,1-8H3,(H,53,62)(H,54,56)(H,55,57);9-13,18-19,27-34,37-38,50H,14-17H2,1-8H3,(H,39,48)(H,40,42)(H,41,43)/t30-,31+,41+,42+,43+,44+,45+,46+,47+,48+,51-,52+;18-,19+,27+,28+,29+,30+,31+,32+,33+,34+,37-,38-/m00/s1. The van der Waals surface area contributed by atoms with Gasteiger partial charge in [-0.05, 0) is 63.1 Å². The van der Waals surface area contributed by atoms with Crippen LogP contribution in [0.1, 0.15) is 122 Å². The van der Waals surface area contributed by atoms with E-state index >= 15 is 4.57 Å². The number of phosphoric ester groups is 1. The molecule has 4 saturated heterocycles. The fourth-order valence-electron chi connectivity index (χ4n) is 14.4. The van der Waals surface area contributed by atoms with E-state index in [0.717, 1.165) is 83.1 Å². The molecule has 4 fully saturated rings. The normalized spacial score (nSPS) is 25.1. The first-order valence-corrected chi connectivity index (χ1v) is 49.0. The summed E-state index contributed by atoms with van der Waals surface area (Å²) in [6.07, 6.45) is -30.4. The highest BCUT2D eigenvalue weighted by molar-refractivity contribution is 7.91. The van der Waals surface area contributed by atoms with Crippen LogP contribution in [0.25, 0.3) is 0 Å². The Morgan fingerprint density at radius 2 is 0.634 bits per heavy atom. The van der Waals surface area contributed by atoms with Gasteiger partial charge in [0.05, 0.1) is 34.5 Å². The molecule has 0 spiro atoms. The van der Waals surface area contributed by atoms with Crippen LogP contribution in [0.5, 0.6) is 0 Å². The first kappa shape index (κ1) is 117. The van der Waals surface area contributed by atoms with E-state index in [1.54, 1.807) is 72.8 Å². The van der Waals surface area contributed by atoms with Gasteiger partial charge in [-0.1, -0.05) is 97.1 Å². The van der Waals surface area contributed by atoms with E-state index in [0.29, 0.717) is 11.1 Å². The molecule has 4 aliphatic heterocycles. The van der Waals surface area contributed by atoms with Crippen molar-refractivity contribution in [3.8, 4) is 0 Å². The van der Waals surface area contributed by atoms with Gasteiger partial charge in [-0.2, -0.15) is 0 Å². The highest BCUT2D eigenvalue weighted by Gasteiger charge is 2.60. The third-order valence-corrected chi connectivity index (χ3v) is 25.4. The summed E-state index contributed by atoms with van der Waals surface area (Å²) in [4.78, 5) is 204. The molecule has 0 unspecified atom stereocenters. The Kier molecular flexibility index (Phi) is 45.8. The molecule has 4 aromatic carbocycles. The van der Waals surface area contributed by atoms with Crippen LogP contribution < -0.4 is 31.9 Å². The molecule has 24 atom stereocenters. The minimum Gasteiger partial charge on any atom is -0.463 e. The molecule has 6 amide bonds. The fourth-order valence-corrected chi connectivity index (χ4v) is 17.9. The summed E-state index contributed by atoms with van der Waals surface area (Å²) < 4.78 is 188. The average Bonchev–Trinajstić information content (AvgIpc) is 0.760. The highest BCUT2D eigenvalue weighted by atomic mass is 32.2. The number of hydrogen-bond acceptors (Lipinski definition) is 43. The van der Waals surface area contributed by atoms with Crippen molar-refractivity contribution in [3.05, 3.63) is 132 Å². The zero-order chi connectivity index (χ0) is 105. The fraction of sp³-hybridized carbons (Fsp3) is 0.556. The number of esters is 10. The van der Waals surface area contributed by atoms with Crippen LogP contribution in [-0.2, 0) is 213 Å². The van der Waals surface area contributed by atoms with Crippen molar-refractivity contribution in [1.29, 1.82) is 0 Å². The zero-order valence-electron chi connectivity index (χ0n) is 80.3. The second-order valence-electron chi connectivity index (χ2n) is 32.4. The van der Waals surface area contributed by atoms with E-state index in [9.17, 15) is 98.7 Å². The quantitative estimate of drug-likeness (QED) is 0.0183. The second kappa shape index (κ2) is 55.6. The maximum Gasteiger partial charge on any atom is 0.477 e. The summed E-state index contributed by atoms with van der Waals surface area (Å²) in [7, 11) is -12.6. The molecule has 4 aliphatic rings. The van der Waals surface area contributed by atoms with Gasteiger partial charge in [0.25, 0.3) is 0 Å². The summed E-state index contributed by atoms with van der Waals surface area (Å²) in [5, 5.41) is 26.1. The number of nitrogens with one attached hydrogen (secondary N) is 6. The lowest BCUT2D eigenvalue weighted by Gasteiger charge is -2.50. The van der Waals surface area contributed by atoms with E-state index in [4.69, 9.17) is 98.8 Å². The predicted molar refractivity (Wildman–Crippen MR) is 480 cm³/mol. The number of aliphatic hydroxyl groups is 1. The van der Waals surface area contributed by atoms with Crippen LogP contribution in [0.2, 0.25) is 0 Å². The molecule has 7 N–H and O–H groups in total. The summed E-state index contributed by atoms with van der Waals surface area (Å²) in [6, 6.07) is 22.6. The van der Waals surface area contributed by atoms with E-state index < -0.39 is 321 Å². The van der Waals surface area contributed by atoms with E-state index in [2.05, 4.69) is 31.9 Å². The minimum absolute atomic E-state index is 0.000727. The number of sulfone groups is 2. The predicted octanol–water partition coefficient (Wildman–Crippen LogP) is 0.782. The van der Waals surface area contributed by atoms with Gasteiger partial charge in [-0.25, -0.2) is 31.0 Å². The number of phosphoric acid groups is 1. The number of aliphatic hydroxyl groups excluding tert-OH is 1. The molecule has 0 radical (unpaired) electrons. The average molecular weight is 2070 g/mol. The summed E-state index contributed by atoms with van der Waals surface area (Å²) >= 11 is 0. The minimum atomic E-state index is -4.91. The van der Waals surface area contributed by atoms with E-state index in [1.165, 1.54) is 76.2 Å². The molecule has 0 bridgehead atoms. The number of rotatable bonds is 46. The molecule has 52 heteroatoms. The Labute approximate surface area is 817 Å². The zero-order valence-corrected chi connectivity index (χ0v) is 82.9. The van der Waals surface area contributed by atoms with E-state index in [-0.39, 0.29) is 23.0 Å². The molecule has 142 heavy (non-hydrogen) atoms. The Morgan fingerprint density at radius 3 is 0.951 bits per heavy atom. The number of benzene rings is 4. The number of amides is 6. The highest BCUT2D eigenvalue weighted by Crippen LogP contribution is 2.54. The Balaban J connectivity index is 0.000000399. The van der Waals surface area contributed by atoms with Crippen LogP contribution in [-0.4, -0.2) is 315 Å². The summed E-state index contributed by atoms with van der Waals surface area (Å²) in [5.41, 5.74) is 1.05. The van der Waals surface area contributed by atoms with E-state index in [1.807, 2.05) is 0 Å². The SMILES string of the molecule is CC(=O)N[C@@H]1[C@@H](O[C@H](C)C(=O)N[C@@H](C)C(=O)OCCS(=O)(=O)c2ccccc2)[C@H](O[C@@H]2O[C@H](COC(C)=O)[C@@H](OC(C)=O)[C@H](OC(C)=O)[C@H]2NC(C)=O)[C@@H](COC(C)=O)O[C@@H]1O.CC(=O)N[C@H]1[C@H](O[C@H]2[C@H](O[C@H](C)C(=O)N[C@@H](C)C(=O)OCCS(=O)(=O)c3ccccc3)[C@@H](NC(C)=O)[C@@H](OP(=O)(OCc3ccccc3)OCc3ccccc3)O[C@@H]2COC(C)=O)O[C@H](COC(C)=O)[C@@H](OC(C)=O)[C@@H]1OC(C)=O. The van der Waals surface area contributed by atoms with Crippen molar-refractivity contribution in [3.63, 3.8) is 0 Å². The van der Waals surface area contributed by atoms with Crippen LogP contribution in [0, 0.1) is 0 Å². The molecule has 784 valence electrons. The van der Waals surface area contributed by atoms with Crippen molar-refractivity contribution >= 4 is 123 Å². The monoisotopic (exact) mass is 2070 g/mol. The third kappa shape index (κ3) is 37.4. The lowest BCUT2D eigenvalue weighted by molar-refractivity contribution is -0.334.